The molecule has 0 spiro atoms. The number of nitrogens with zero attached hydrogens (tertiary/aromatic N) is 6. The van der Waals surface area contributed by atoms with Crippen molar-refractivity contribution < 1.29 is 54.2 Å². The molecule has 0 aliphatic carbocycles. The topological polar surface area (TPSA) is 179 Å². The van der Waals surface area contributed by atoms with Crippen LogP contribution in [0.15, 0.2) is 47.3 Å². The van der Waals surface area contributed by atoms with Crippen molar-refractivity contribution in [2.75, 3.05) is 17.2 Å². The number of aryl methyl sites for hydroxylation is 1. The fourth-order valence-corrected chi connectivity index (χ4v) is 6.51. The molecule has 3 aromatic heterocycles. The van der Waals surface area contributed by atoms with E-state index in [1.807, 2.05) is 0 Å². The number of sulfonamides is 1. The van der Waals surface area contributed by atoms with Gasteiger partial charge in [-0.05, 0) is 35.9 Å². The van der Waals surface area contributed by atoms with Crippen LogP contribution in [-0.4, -0.2) is 75.1 Å². The minimum Gasteiger partial charge on any atom is -0.471 e. The Bertz CT molecular complexity index is 2410. The largest absolute Gasteiger partial charge is 0.471 e. The van der Waals surface area contributed by atoms with E-state index in [4.69, 9.17) is 16.3 Å². The Kier molecular flexibility index (Phi) is 10.1. The van der Waals surface area contributed by atoms with E-state index >= 15 is 0 Å². The highest BCUT2D eigenvalue weighted by Crippen LogP contribution is 2.37. The number of ether oxygens (including phenoxy) is 1. The zero-order valence-corrected chi connectivity index (χ0v) is 28.3. The monoisotopic (exact) mass is 775 g/mol. The number of carboxylic acid groups (broad SMARTS) is 1. The summed E-state index contributed by atoms with van der Waals surface area (Å²) in [7, 11) is -2.99. The smallest absolute Gasteiger partial charge is 0.405 e. The van der Waals surface area contributed by atoms with Crippen LogP contribution in [0.3, 0.4) is 0 Å². The highest BCUT2D eigenvalue weighted by Gasteiger charge is 2.42. The van der Waals surface area contributed by atoms with E-state index in [-0.39, 0.29) is 32.6 Å². The Morgan fingerprint density at radius 1 is 1.10 bits per heavy atom. The second-order valence-electron chi connectivity index (χ2n) is 11.2. The standard InChI is InChI=1S/C30H24ClF6N7O7S/c1-13(45)44(52(3,49)50)26-22-18(31)5-6-20(23(22)42(2)41-26)43-25(19(38-29(47)48)10-14-8-15(32)11-16(33)9-14)40-24-17(27(43)46)4-7-21(39-24)51-12-30(36,37)28(34)35/h4-9,11,19,28,38H,10,12H2,1-3H3,(H,47,48)/t19-/m0/s1. The summed E-state index contributed by atoms with van der Waals surface area (Å²) in [5, 5.41) is 15.4. The lowest BCUT2D eigenvalue weighted by Crippen LogP contribution is -2.35. The fraction of sp³-hybridized carbons (Fsp3) is 0.267. The number of alkyl halides is 4. The van der Waals surface area contributed by atoms with Gasteiger partial charge in [-0.2, -0.15) is 23.2 Å². The van der Waals surface area contributed by atoms with Gasteiger partial charge in [0.2, 0.25) is 21.8 Å². The molecule has 0 bridgehead atoms. The number of aromatic nitrogens is 5. The molecule has 0 fully saturated rings. The summed E-state index contributed by atoms with van der Waals surface area (Å²) in [5.74, 6) is -9.26. The fourth-order valence-electron chi connectivity index (χ4n) is 5.37. The number of halogens is 7. The summed E-state index contributed by atoms with van der Waals surface area (Å²) in [5.41, 5.74) is -1.95. The van der Waals surface area contributed by atoms with Crippen LogP contribution in [0.25, 0.3) is 27.6 Å². The van der Waals surface area contributed by atoms with Crippen LogP contribution < -0.4 is 19.9 Å². The molecule has 276 valence electrons. The van der Waals surface area contributed by atoms with E-state index in [0.29, 0.717) is 10.4 Å². The van der Waals surface area contributed by atoms with Crippen LogP contribution in [0, 0.1) is 11.6 Å². The van der Waals surface area contributed by atoms with Crippen LogP contribution in [0.2, 0.25) is 5.02 Å². The average Bonchev–Trinajstić information content (AvgIpc) is 3.35. The maximum absolute atomic E-state index is 14.4. The summed E-state index contributed by atoms with van der Waals surface area (Å²) in [6, 6.07) is 5.07. The predicted molar refractivity (Wildman–Crippen MR) is 173 cm³/mol. The van der Waals surface area contributed by atoms with Crippen LogP contribution in [0.4, 0.5) is 37.0 Å². The molecule has 0 aliphatic rings. The number of carbonyl (C=O) groups is 2. The van der Waals surface area contributed by atoms with E-state index in [1.54, 1.807) is 0 Å². The molecule has 2 aromatic carbocycles. The number of amides is 2. The zero-order valence-electron chi connectivity index (χ0n) is 26.7. The predicted octanol–water partition coefficient (Wildman–Crippen LogP) is 4.74. The number of hydrogen-bond acceptors (Lipinski definition) is 9. The number of pyridine rings is 1. The summed E-state index contributed by atoms with van der Waals surface area (Å²) in [4.78, 5) is 47.2. The van der Waals surface area contributed by atoms with Gasteiger partial charge in [0.05, 0.1) is 39.3 Å². The van der Waals surface area contributed by atoms with Crippen molar-refractivity contribution in [1.29, 1.82) is 0 Å². The lowest BCUT2D eigenvalue weighted by Gasteiger charge is -2.22. The molecule has 5 rings (SSSR count). The molecule has 1 atom stereocenters. The number of anilines is 1. The van der Waals surface area contributed by atoms with Crippen LogP contribution >= 0.6 is 11.6 Å². The summed E-state index contributed by atoms with van der Waals surface area (Å²) in [6.07, 6.45) is -5.60. The van der Waals surface area contributed by atoms with Crippen LogP contribution in [-0.2, 0) is 28.3 Å². The number of carbonyl (C=O) groups excluding carboxylic acids is 1. The number of hydrogen-bond donors (Lipinski definition) is 2. The highest BCUT2D eigenvalue weighted by molar-refractivity contribution is 7.92. The van der Waals surface area contributed by atoms with Crippen LogP contribution in [0.1, 0.15) is 24.4 Å². The normalized spacial score (nSPS) is 12.8. The third-order valence-electron chi connectivity index (χ3n) is 7.38. The lowest BCUT2D eigenvalue weighted by molar-refractivity contribution is -0.148. The van der Waals surface area contributed by atoms with Gasteiger partial charge in [0.1, 0.15) is 17.5 Å². The van der Waals surface area contributed by atoms with Gasteiger partial charge in [-0.15, -0.1) is 0 Å². The molecule has 52 heavy (non-hydrogen) atoms. The lowest BCUT2D eigenvalue weighted by atomic mass is 10.0. The Morgan fingerprint density at radius 3 is 2.33 bits per heavy atom. The van der Waals surface area contributed by atoms with E-state index < -0.39 is 93.8 Å². The van der Waals surface area contributed by atoms with Crippen LogP contribution in [0.5, 0.6) is 5.88 Å². The molecule has 3 heterocycles. The molecule has 22 heteroatoms. The van der Waals surface area contributed by atoms with Crippen molar-refractivity contribution in [3.8, 4) is 11.6 Å². The van der Waals surface area contributed by atoms with Gasteiger partial charge in [0.15, 0.2) is 18.1 Å². The zero-order chi connectivity index (χ0) is 38.4. The van der Waals surface area contributed by atoms with Crippen molar-refractivity contribution >= 4 is 61.4 Å². The van der Waals surface area contributed by atoms with Gasteiger partial charge < -0.3 is 15.2 Å². The maximum atomic E-state index is 14.4. The Hall–Kier alpha value is -5.44. The third kappa shape index (κ3) is 7.45. The molecular weight excluding hydrogens is 752 g/mol. The molecule has 0 radical (unpaired) electrons. The number of nitrogens with one attached hydrogen (secondary N) is 1. The molecule has 0 unspecified atom stereocenters. The van der Waals surface area contributed by atoms with Crippen molar-refractivity contribution in [3.05, 3.63) is 80.9 Å². The summed E-state index contributed by atoms with van der Waals surface area (Å²) in [6.45, 7) is -0.857. The van der Waals surface area contributed by atoms with Crippen molar-refractivity contribution in [1.82, 2.24) is 29.6 Å². The second kappa shape index (κ2) is 13.9. The molecule has 0 saturated heterocycles. The minimum atomic E-state index is -4.58. The van der Waals surface area contributed by atoms with Crippen molar-refractivity contribution in [3.63, 3.8) is 0 Å². The molecule has 0 aliphatic heterocycles. The SMILES string of the molecule is CC(=O)N(c1nn(C)c2c(-n3c([C@H](Cc4cc(F)cc(F)c4)NC(=O)O)nc4nc(OCC(F)(F)C(F)F)ccc4c3=O)ccc(Cl)c12)S(C)(=O)=O. The quantitative estimate of drug-likeness (QED) is 0.178. The molecular formula is C30H24ClF6N7O7S. The number of fused-ring (bicyclic) bond motifs is 2. The first-order valence-corrected chi connectivity index (χ1v) is 16.8. The third-order valence-corrected chi connectivity index (χ3v) is 8.79. The first-order chi connectivity index (χ1) is 24.2. The van der Waals surface area contributed by atoms with Crippen molar-refractivity contribution in [2.45, 2.75) is 31.7 Å². The molecule has 0 saturated carbocycles. The van der Waals surface area contributed by atoms with Gasteiger partial charge >= 0.3 is 18.4 Å². The summed E-state index contributed by atoms with van der Waals surface area (Å²) < 4.78 is 113. The Balaban J connectivity index is 1.84. The highest BCUT2D eigenvalue weighted by atomic mass is 35.5. The molecule has 2 N–H and O–H groups in total. The van der Waals surface area contributed by atoms with E-state index in [1.165, 1.54) is 19.2 Å². The van der Waals surface area contributed by atoms with Gasteiger partial charge in [-0.1, -0.05) is 11.6 Å². The molecule has 2 amide bonds. The van der Waals surface area contributed by atoms with Gasteiger partial charge in [0, 0.05) is 32.5 Å². The number of benzene rings is 2. The second-order valence-corrected chi connectivity index (χ2v) is 13.5. The number of rotatable bonds is 11. The molecule has 14 nitrogen and oxygen atoms in total. The first-order valence-electron chi connectivity index (χ1n) is 14.5. The van der Waals surface area contributed by atoms with E-state index in [0.717, 1.165) is 46.7 Å². The summed E-state index contributed by atoms with van der Waals surface area (Å²) >= 11 is 6.50. The Morgan fingerprint density at radius 2 is 1.75 bits per heavy atom. The van der Waals surface area contributed by atoms with Crippen molar-refractivity contribution in [2.24, 2.45) is 7.05 Å². The van der Waals surface area contributed by atoms with E-state index in [9.17, 15) is 54.3 Å². The molecule has 5 aromatic rings. The average molecular weight is 776 g/mol. The first kappa shape index (κ1) is 37.8. The maximum Gasteiger partial charge on any atom is 0.405 e. The minimum absolute atomic E-state index is 0.0880. The van der Waals surface area contributed by atoms with Gasteiger partial charge in [-0.25, -0.2) is 35.8 Å². The van der Waals surface area contributed by atoms with Gasteiger partial charge in [0.25, 0.3) is 5.56 Å². The van der Waals surface area contributed by atoms with Gasteiger partial charge in [-0.3, -0.25) is 18.8 Å². The Labute approximate surface area is 293 Å². The van der Waals surface area contributed by atoms with E-state index in [2.05, 4.69) is 20.4 Å².